The number of unbranched alkanes of at least 4 members (excludes halogenated alkanes) is 9. The molecule has 1 saturated heterocycles. The summed E-state index contributed by atoms with van der Waals surface area (Å²) < 4.78 is 5.24. The lowest BCUT2D eigenvalue weighted by Crippen LogP contribution is -2.62. The zero-order chi connectivity index (χ0) is 23.0. The van der Waals surface area contributed by atoms with Gasteiger partial charge in [0, 0.05) is 13.0 Å². The predicted molar refractivity (Wildman–Crippen MR) is 123 cm³/mol. The molecule has 1 aromatic rings. The van der Waals surface area contributed by atoms with Crippen molar-refractivity contribution in [1.82, 2.24) is 10.6 Å². The molecule has 32 heavy (non-hydrogen) atoms. The third-order valence-electron chi connectivity index (χ3n) is 5.73. The molecule has 3 N–H and O–H groups in total. The first-order valence-corrected chi connectivity index (χ1v) is 12.0. The van der Waals surface area contributed by atoms with Crippen LogP contribution in [0, 0.1) is 0 Å². The Morgan fingerprint density at radius 2 is 1.31 bits per heavy atom. The van der Waals surface area contributed by atoms with E-state index in [2.05, 4.69) is 10.6 Å². The van der Waals surface area contributed by atoms with Gasteiger partial charge in [-0.25, -0.2) is 0 Å². The average Bonchev–Trinajstić information content (AvgIpc) is 2.78. The summed E-state index contributed by atoms with van der Waals surface area (Å²) in [5.41, 5.74) is 0.962. The topological polar surface area (TPSA) is 105 Å². The average molecular weight is 447 g/mol. The van der Waals surface area contributed by atoms with Crippen molar-refractivity contribution in [2.24, 2.45) is 0 Å². The van der Waals surface area contributed by atoms with Crippen LogP contribution in [0.4, 0.5) is 0 Å². The molecule has 1 heterocycles. The van der Waals surface area contributed by atoms with Crippen molar-refractivity contribution in [3.05, 3.63) is 35.9 Å². The van der Waals surface area contributed by atoms with Crippen LogP contribution in [0.1, 0.15) is 76.2 Å². The van der Waals surface area contributed by atoms with E-state index in [1.165, 1.54) is 32.1 Å². The van der Waals surface area contributed by atoms with Gasteiger partial charge in [0.05, 0.1) is 13.0 Å². The van der Waals surface area contributed by atoms with Gasteiger partial charge in [0.2, 0.25) is 11.8 Å². The number of ether oxygens (including phenoxy) is 1. The molecule has 0 spiro atoms. The number of hydrogen-bond acceptors (Lipinski definition) is 5. The zero-order valence-electron chi connectivity index (χ0n) is 19.0. The molecule has 2 atom stereocenters. The molecular formula is C25H38N2O5. The third kappa shape index (κ3) is 10.3. The molecule has 1 aliphatic rings. The number of rotatable bonds is 16. The van der Waals surface area contributed by atoms with E-state index in [1.54, 1.807) is 0 Å². The summed E-state index contributed by atoms with van der Waals surface area (Å²) in [7, 11) is 0. The molecular weight excluding hydrogens is 408 g/mol. The fraction of sp³-hybridized carbons (Fsp3) is 0.640. The second-order valence-corrected chi connectivity index (χ2v) is 8.50. The van der Waals surface area contributed by atoms with Crippen LogP contribution >= 0.6 is 0 Å². The molecule has 0 unspecified atom stereocenters. The number of amides is 2. The van der Waals surface area contributed by atoms with Crippen molar-refractivity contribution in [2.75, 3.05) is 13.2 Å². The van der Waals surface area contributed by atoms with Crippen LogP contribution in [0.5, 0.6) is 0 Å². The summed E-state index contributed by atoms with van der Waals surface area (Å²) in [5, 5.41) is 14.1. The van der Waals surface area contributed by atoms with Gasteiger partial charge in [0.1, 0.15) is 12.1 Å². The highest BCUT2D eigenvalue weighted by atomic mass is 16.5. The Morgan fingerprint density at radius 3 is 1.94 bits per heavy atom. The zero-order valence-corrected chi connectivity index (χ0v) is 19.0. The van der Waals surface area contributed by atoms with E-state index >= 15 is 0 Å². The molecule has 0 aromatic heterocycles. The number of carbonyl (C=O) groups excluding carboxylic acids is 3. The van der Waals surface area contributed by atoms with Crippen LogP contribution in [0.25, 0.3) is 0 Å². The second-order valence-electron chi connectivity index (χ2n) is 8.50. The minimum Gasteiger partial charge on any atom is -0.466 e. The molecule has 1 aromatic carbocycles. The van der Waals surface area contributed by atoms with Crippen LogP contribution in [0.3, 0.4) is 0 Å². The number of benzene rings is 1. The van der Waals surface area contributed by atoms with Gasteiger partial charge in [-0.3, -0.25) is 14.4 Å². The Kier molecular flexibility index (Phi) is 12.4. The number of aliphatic hydroxyl groups is 1. The van der Waals surface area contributed by atoms with Crippen molar-refractivity contribution in [2.45, 2.75) is 89.1 Å². The second kappa shape index (κ2) is 15.4. The Bertz CT molecular complexity index is 695. The largest absolute Gasteiger partial charge is 0.466 e. The normalized spacial score (nSPS) is 18.2. The number of esters is 1. The summed E-state index contributed by atoms with van der Waals surface area (Å²) >= 11 is 0. The number of carbonyl (C=O) groups is 3. The molecule has 0 aliphatic carbocycles. The van der Waals surface area contributed by atoms with Crippen LogP contribution in [0.15, 0.2) is 30.3 Å². The third-order valence-corrected chi connectivity index (χ3v) is 5.73. The van der Waals surface area contributed by atoms with Crippen LogP contribution in [-0.4, -0.2) is 48.2 Å². The Balaban J connectivity index is 1.51. The maximum absolute atomic E-state index is 12.3. The first kappa shape index (κ1) is 25.8. The quantitative estimate of drug-likeness (QED) is 0.267. The van der Waals surface area contributed by atoms with Crippen molar-refractivity contribution in [1.29, 1.82) is 0 Å². The van der Waals surface area contributed by atoms with Crippen molar-refractivity contribution < 1.29 is 24.2 Å². The predicted octanol–water partition coefficient (Wildman–Crippen LogP) is 3.04. The fourth-order valence-electron chi connectivity index (χ4n) is 3.85. The fourth-order valence-corrected chi connectivity index (χ4v) is 3.85. The SMILES string of the molecule is O=C(C[C@@H]1NC(=O)[C@H](Cc2ccccc2)NC1=O)OCCCCCCCCCCCCO. The lowest BCUT2D eigenvalue weighted by atomic mass is 10.0. The van der Waals surface area contributed by atoms with Crippen molar-refractivity contribution in [3.8, 4) is 0 Å². The standard InChI is InChI=1S/C25H38N2O5/c28-16-12-7-5-3-1-2-4-6-8-13-17-32-23(29)19-22-25(31)26-21(24(30)27-22)18-20-14-10-9-11-15-20/h9-11,14-15,21-22,28H,1-8,12-13,16-19H2,(H,26,31)(H,27,30)/t21-,22-/m0/s1. The molecule has 1 fully saturated rings. The number of piperazine rings is 1. The smallest absolute Gasteiger partial charge is 0.308 e. The lowest BCUT2D eigenvalue weighted by molar-refractivity contribution is -0.147. The number of aliphatic hydroxyl groups excluding tert-OH is 1. The maximum Gasteiger partial charge on any atom is 0.308 e. The van der Waals surface area contributed by atoms with Gasteiger partial charge in [0.15, 0.2) is 0 Å². The van der Waals surface area contributed by atoms with Gasteiger partial charge < -0.3 is 20.5 Å². The monoisotopic (exact) mass is 446 g/mol. The van der Waals surface area contributed by atoms with E-state index in [0.717, 1.165) is 37.7 Å². The first-order chi connectivity index (χ1) is 15.6. The molecule has 2 amide bonds. The van der Waals surface area contributed by atoms with Gasteiger partial charge in [-0.05, 0) is 18.4 Å². The number of nitrogens with one attached hydrogen (secondary N) is 2. The summed E-state index contributed by atoms with van der Waals surface area (Å²) in [6.45, 7) is 0.640. The summed E-state index contributed by atoms with van der Waals surface area (Å²) in [6.07, 6.45) is 11.3. The van der Waals surface area contributed by atoms with Crippen molar-refractivity contribution >= 4 is 17.8 Å². The van der Waals surface area contributed by atoms with Crippen LogP contribution in [-0.2, 0) is 25.5 Å². The van der Waals surface area contributed by atoms with Gasteiger partial charge >= 0.3 is 5.97 Å². The summed E-state index contributed by atoms with van der Waals surface area (Å²) in [6, 6.07) is 7.98. The summed E-state index contributed by atoms with van der Waals surface area (Å²) in [5.74, 6) is -1.09. The molecule has 0 bridgehead atoms. The highest BCUT2D eigenvalue weighted by Crippen LogP contribution is 2.11. The lowest BCUT2D eigenvalue weighted by Gasteiger charge is -2.29. The highest BCUT2D eigenvalue weighted by molar-refractivity contribution is 5.98. The van der Waals surface area contributed by atoms with Gasteiger partial charge in [-0.15, -0.1) is 0 Å². The van der Waals surface area contributed by atoms with E-state index < -0.39 is 18.1 Å². The van der Waals surface area contributed by atoms with Gasteiger partial charge in [-0.1, -0.05) is 81.7 Å². The number of hydrogen-bond donors (Lipinski definition) is 3. The maximum atomic E-state index is 12.3. The minimum absolute atomic E-state index is 0.147. The Hall–Kier alpha value is -2.41. The first-order valence-electron chi connectivity index (χ1n) is 12.0. The Labute approximate surface area is 191 Å². The highest BCUT2D eigenvalue weighted by Gasteiger charge is 2.35. The molecule has 0 radical (unpaired) electrons. The van der Waals surface area contributed by atoms with Crippen molar-refractivity contribution in [3.63, 3.8) is 0 Å². The van der Waals surface area contributed by atoms with Crippen LogP contribution < -0.4 is 10.6 Å². The molecule has 0 saturated carbocycles. The van der Waals surface area contributed by atoms with E-state index in [0.29, 0.717) is 19.6 Å². The van der Waals surface area contributed by atoms with Gasteiger partial charge in [-0.2, -0.15) is 0 Å². The molecule has 2 rings (SSSR count). The van der Waals surface area contributed by atoms with E-state index in [1.807, 2.05) is 30.3 Å². The van der Waals surface area contributed by atoms with Gasteiger partial charge in [0.25, 0.3) is 0 Å². The Morgan fingerprint density at radius 1 is 0.781 bits per heavy atom. The van der Waals surface area contributed by atoms with E-state index in [4.69, 9.17) is 9.84 Å². The van der Waals surface area contributed by atoms with Crippen LogP contribution in [0.2, 0.25) is 0 Å². The molecule has 7 heteroatoms. The molecule has 1 aliphatic heterocycles. The summed E-state index contributed by atoms with van der Waals surface area (Å²) in [4.78, 5) is 36.7. The minimum atomic E-state index is -0.876. The van der Waals surface area contributed by atoms with E-state index in [9.17, 15) is 14.4 Å². The van der Waals surface area contributed by atoms with E-state index in [-0.39, 0.29) is 18.2 Å². The molecule has 178 valence electrons. The molecule has 7 nitrogen and oxygen atoms in total.